The average Bonchev–Trinajstić information content (AvgIpc) is 2.06. The first kappa shape index (κ1) is 12.4. The second kappa shape index (κ2) is 4.45. The molecular weight excluding hydrogens is 246 g/mol. The second-order valence-electron chi connectivity index (χ2n) is 3.17. The van der Waals surface area contributed by atoms with E-state index >= 15 is 0 Å². The molecule has 0 heterocycles. The topological polar surface area (TPSA) is 34.1 Å². The van der Waals surface area contributed by atoms with Crippen LogP contribution in [0, 0.1) is 6.92 Å². The lowest BCUT2D eigenvalue weighted by Gasteiger charge is -2.06. The van der Waals surface area contributed by atoms with Gasteiger partial charge in [0.05, 0.1) is 5.75 Å². The van der Waals surface area contributed by atoms with Gasteiger partial charge in [-0.05, 0) is 24.1 Å². The zero-order chi connectivity index (χ0) is 11.6. The van der Waals surface area contributed by atoms with Crippen LogP contribution in [0.25, 0.3) is 0 Å². The molecule has 84 valence electrons. The van der Waals surface area contributed by atoms with E-state index in [-0.39, 0.29) is 5.56 Å². The summed E-state index contributed by atoms with van der Waals surface area (Å²) in [7, 11) is 1.34. The molecule has 0 aliphatic carbocycles. The van der Waals surface area contributed by atoms with Crippen LogP contribution in [0.1, 0.15) is 23.1 Å². The zero-order valence-corrected chi connectivity index (χ0v) is 9.45. The molecule has 0 atom stereocenters. The Labute approximate surface area is 91.3 Å². The van der Waals surface area contributed by atoms with Crippen molar-refractivity contribution in [1.82, 2.24) is 0 Å². The van der Waals surface area contributed by atoms with E-state index < -0.39 is 21.2 Å². The fourth-order valence-electron chi connectivity index (χ4n) is 1.17. The zero-order valence-electron chi connectivity index (χ0n) is 7.88. The van der Waals surface area contributed by atoms with Gasteiger partial charge in [-0.15, -0.1) is 0 Å². The molecule has 0 fully saturated rings. The van der Waals surface area contributed by atoms with Crippen LogP contribution in [0.3, 0.4) is 0 Å². The molecule has 1 aromatic carbocycles. The second-order valence-corrected chi connectivity index (χ2v) is 5.95. The van der Waals surface area contributed by atoms with E-state index in [1.807, 2.05) is 0 Å². The maximum atomic E-state index is 12.3. The van der Waals surface area contributed by atoms with Gasteiger partial charge in [0.2, 0.25) is 9.05 Å². The monoisotopic (exact) mass is 254 g/mol. The molecule has 0 saturated heterocycles. The van der Waals surface area contributed by atoms with E-state index in [0.29, 0.717) is 11.1 Å². The minimum atomic E-state index is -3.71. The molecule has 6 heteroatoms. The summed E-state index contributed by atoms with van der Waals surface area (Å²) < 4.78 is 46.3. The Bertz CT molecular complexity index is 457. The minimum Gasteiger partial charge on any atom is -0.212 e. The Morgan fingerprint density at radius 3 is 2.47 bits per heavy atom. The standard InChI is InChI=1S/C9H9ClF2O2S/c1-6-2-3-7(9(11)12)4-8(6)5-15(10,13)14/h2-4,9H,5H2,1H3. The molecule has 0 spiro atoms. The number of aryl methyl sites for hydroxylation is 1. The first-order valence-corrected chi connectivity index (χ1v) is 6.57. The summed E-state index contributed by atoms with van der Waals surface area (Å²) in [5.74, 6) is -0.430. The maximum absolute atomic E-state index is 12.3. The van der Waals surface area contributed by atoms with Crippen molar-refractivity contribution in [1.29, 1.82) is 0 Å². The lowest BCUT2D eigenvalue weighted by molar-refractivity contribution is 0.151. The molecule has 15 heavy (non-hydrogen) atoms. The molecule has 0 aliphatic rings. The number of alkyl halides is 2. The van der Waals surface area contributed by atoms with Gasteiger partial charge in [0.1, 0.15) is 0 Å². The average molecular weight is 255 g/mol. The normalized spacial score (nSPS) is 12.1. The summed E-state index contributed by atoms with van der Waals surface area (Å²) in [6.45, 7) is 1.65. The van der Waals surface area contributed by atoms with Crippen LogP contribution in [0.2, 0.25) is 0 Å². The molecule has 0 aromatic heterocycles. The molecule has 0 bridgehead atoms. The summed E-state index contributed by atoms with van der Waals surface area (Å²) in [6, 6.07) is 3.89. The van der Waals surface area contributed by atoms with E-state index in [9.17, 15) is 17.2 Å². The fourth-order valence-corrected chi connectivity index (χ4v) is 2.20. The van der Waals surface area contributed by atoms with Crippen LogP contribution in [0.5, 0.6) is 0 Å². The first-order chi connectivity index (χ1) is 6.79. The molecule has 2 nitrogen and oxygen atoms in total. The van der Waals surface area contributed by atoms with Gasteiger partial charge in [0, 0.05) is 16.2 Å². The number of rotatable bonds is 3. The Morgan fingerprint density at radius 2 is 2.00 bits per heavy atom. The van der Waals surface area contributed by atoms with Gasteiger partial charge in [0.25, 0.3) is 6.43 Å². The van der Waals surface area contributed by atoms with Crippen molar-refractivity contribution in [2.45, 2.75) is 19.1 Å². The molecular formula is C9H9ClF2O2S. The quantitative estimate of drug-likeness (QED) is 0.777. The van der Waals surface area contributed by atoms with E-state index in [2.05, 4.69) is 0 Å². The summed E-state index contributed by atoms with van der Waals surface area (Å²) in [6.07, 6.45) is -2.61. The number of benzene rings is 1. The van der Waals surface area contributed by atoms with Gasteiger partial charge in [-0.1, -0.05) is 12.1 Å². The van der Waals surface area contributed by atoms with Crippen LogP contribution in [-0.4, -0.2) is 8.42 Å². The Balaban J connectivity index is 3.11. The molecule has 0 N–H and O–H groups in total. The van der Waals surface area contributed by atoms with Crippen molar-refractivity contribution in [2.75, 3.05) is 0 Å². The molecule has 0 aliphatic heterocycles. The smallest absolute Gasteiger partial charge is 0.212 e. The van der Waals surface area contributed by atoms with Gasteiger partial charge in [0.15, 0.2) is 0 Å². The summed E-state index contributed by atoms with van der Waals surface area (Å²) >= 11 is 0. The Morgan fingerprint density at radius 1 is 1.40 bits per heavy atom. The van der Waals surface area contributed by atoms with Crippen molar-refractivity contribution < 1.29 is 17.2 Å². The minimum absolute atomic E-state index is 0.198. The molecule has 0 saturated carbocycles. The van der Waals surface area contributed by atoms with Crippen LogP contribution in [-0.2, 0) is 14.8 Å². The van der Waals surface area contributed by atoms with E-state index in [1.54, 1.807) is 6.92 Å². The van der Waals surface area contributed by atoms with Crippen LogP contribution < -0.4 is 0 Å². The maximum Gasteiger partial charge on any atom is 0.263 e. The van der Waals surface area contributed by atoms with Crippen molar-refractivity contribution in [3.8, 4) is 0 Å². The third-order valence-electron chi connectivity index (χ3n) is 1.95. The summed E-state index contributed by atoms with van der Waals surface area (Å²) in [5.41, 5.74) is 0.738. The molecule has 0 radical (unpaired) electrons. The van der Waals surface area contributed by atoms with Crippen molar-refractivity contribution in [3.63, 3.8) is 0 Å². The summed E-state index contributed by atoms with van der Waals surface area (Å²) in [5, 5.41) is 0. The van der Waals surface area contributed by atoms with Crippen molar-refractivity contribution >= 4 is 19.7 Å². The van der Waals surface area contributed by atoms with E-state index in [0.717, 1.165) is 0 Å². The van der Waals surface area contributed by atoms with Crippen molar-refractivity contribution in [2.24, 2.45) is 0 Å². The van der Waals surface area contributed by atoms with Gasteiger partial charge < -0.3 is 0 Å². The van der Waals surface area contributed by atoms with Crippen molar-refractivity contribution in [3.05, 3.63) is 34.9 Å². The SMILES string of the molecule is Cc1ccc(C(F)F)cc1CS(=O)(=O)Cl. The fraction of sp³-hybridized carbons (Fsp3) is 0.333. The highest BCUT2D eigenvalue weighted by atomic mass is 35.7. The number of hydrogen-bond donors (Lipinski definition) is 0. The predicted octanol–water partition coefficient (Wildman–Crippen LogP) is 3.00. The number of halogens is 3. The highest BCUT2D eigenvalue weighted by Gasteiger charge is 2.13. The van der Waals surface area contributed by atoms with Gasteiger partial charge >= 0.3 is 0 Å². The van der Waals surface area contributed by atoms with Gasteiger partial charge in [-0.2, -0.15) is 0 Å². The highest BCUT2D eigenvalue weighted by Crippen LogP contribution is 2.23. The Kier molecular flexibility index (Phi) is 3.67. The van der Waals surface area contributed by atoms with Crippen LogP contribution in [0.15, 0.2) is 18.2 Å². The van der Waals surface area contributed by atoms with E-state index in [4.69, 9.17) is 10.7 Å². The molecule has 1 rings (SSSR count). The Hall–Kier alpha value is -0.680. The predicted molar refractivity (Wildman–Crippen MR) is 54.6 cm³/mol. The third kappa shape index (κ3) is 3.76. The lowest BCUT2D eigenvalue weighted by atomic mass is 10.1. The first-order valence-electron chi connectivity index (χ1n) is 4.09. The van der Waals surface area contributed by atoms with Crippen LogP contribution >= 0.6 is 10.7 Å². The van der Waals surface area contributed by atoms with E-state index in [1.165, 1.54) is 18.2 Å². The summed E-state index contributed by atoms with van der Waals surface area (Å²) in [4.78, 5) is 0. The highest BCUT2D eigenvalue weighted by molar-refractivity contribution is 8.13. The van der Waals surface area contributed by atoms with Crippen LogP contribution in [0.4, 0.5) is 8.78 Å². The molecule has 1 aromatic rings. The number of hydrogen-bond acceptors (Lipinski definition) is 2. The lowest BCUT2D eigenvalue weighted by Crippen LogP contribution is -1.99. The molecule has 0 unspecified atom stereocenters. The van der Waals surface area contributed by atoms with Gasteiger partial charge in [-0.25, -0.2) is 17.2 Å². The van der Waals surface area contributed by atoms with Gasteiger partial charge in [-0.3, -0.25) is 0 Å². The largest absolute Gasteiger partial charge is 0.263 e. The third-order valence-corrected chi connectivity index (χ3v) is 2.94. The molecule has 0 amide bonds.